The van der Waals surface area contributed by atoms with E-state index in [1.165, 1.54) is 16.7 Å². The molecule has 15 heavy (non-hydrogen) atoms. The SMILES string of the molecule is C1=NC[C@H](CC2=Cc3ccccc3C2)N1. The van der Waals surface area contributed by atoms with E-state index in [4.69, 9.17) is 0 Å². The van der Waals surface area contributed by atoms with Gasteiger partial charge in [0.2, 0.25) is 0 Å². The molecule has 0 amide bonds. The fourth-order valence-corrected chi connectivity index (χ4v) is 2.31. The third-order valence-corrected chi connectivity index (χ3v) is 3.07. The zero-order valence-corrected chi connectivity index (χ0v) is 8.61. The highest BCUT2D eigenvalue weighted by atomic mass is 15.0. The van der Waals surface area contributed by atoms with Crippen LogP contribution in [0.5, 0.6) is 0 Å². The topological polar surface area (TPSA) is 24.4 Å². The number of benzene rings is 1. The highest BCUT2D eigenvalue weighted by molar-refractivity contribution is 5.64. The molecule has 0 bridgehead atoms. The Morgan fingerprint density at radius 2 is 2.27 bits per heavy atom. The Morgan fingerprint density at radius 1 is 1.33 bits per heavy atom. The van der Waals surface area contributed by atoms with Crippen molar-refractivity contribution < 1.29 is 0 Å². The normalized spacial score (nSPS) is 22.4. The molecule has 0 unspecified atom stereocenters. The van der Waals surface area contributed by atoms with Crippen molar-refractivity contribution in [1.29, 1.82) is 0 Å². The summed E-state index contributed by atoms with van der Waals surface area (Å²) < 4.78 is 0. The van der Waals surface area contributed by atoms with Gasteiger partial charge in [-0.2, -0.15) is 0 Å². The molecule has 3 rings (SSSR count). The van der Waals surface area contributed by atoms with Crippen LogP contribution in [0.2, 0.25) is 0 Å². The van der Waals surface area contributed by atoms with Gasteiger partial charge in [0.1, 0.15) is 0 Å². The number of rotatable bonds is 2. The van der Waals surface area contributed by atoms with Gasteiger partial charge in [-0.05, 0) is 24.0 Å². The van der Waals surface area contributed by atoms with Crippen LogP contribution in [0, 0.1) is 0 Å². The van der Waals surface area contributed by atoms with Gasteiger partial charge in [-0.3, -0.25) is 4.99 Å². The average molecular weight is 198 g/mol. The molecule has 76 valence electrons. The third-order valence-electron chi connectivity index (χ3n) is 3.07. The second-order valence-electron chi connectivity index (χ2n) is 4.24. The Labute approximate surface area is 89.7 Å². The zero-order chi connectivity index (χ0) is 10.1. The van der Waals surface area contributed by atoms with Gasteiger partial charge in [-0.25, -0.2) is 0 Å². The smallest absolute Gasteiger partial charge is 0.0827 e. The van der Waals surface area contributed by atoms with E-state index in [-0.39, 0.29) is 0 Å². The van der Waals surface area contributed by atoms with Gasteiger partial charge in [0.15, 0.2) is 0 Å². The van der Waals surface area contributed by atoms with Crippen LogP contribution in [-0.4, -0.2) is 18.9 Å². The minimum Gasteiger partial charge on any atom is -0.372 e. The third kappa shape index (κ3) is 1.67. The van der Waals surface area contributed by atoms with Crippen LogP contribution in [0.4, 0.5) is 0 Å². The molecule has 0 radical (unpaired) electrons. The molecule has 1 aromatic carbocycles. The first-order valence-corrected chi connectivity index (χ1v) is 5.43. The van der Waals surface area contributed by atoms with Crippen molar-refractivity contribution in [3.05, 3.63) is 41.0 Å². The van der Waals surface area contributed by atoms with Crippen molar-refractivity contribution in [3.8, 4) is 0 Å². The Morgan fingerprint density at radius 3 is 3.07 bits per heavy atom. The summed E-state index contributed by atoms with van der Waals surface area (Å²) in [5.41, 5.74) is 4.39. The first-order chi connectivity index (χ1) is 7.42. The molecule has 1 N–H and O–H groups in total. The molecule has 1 aromatic rings. The van der Waals surface area contributed by atoms with Crippen molar-refractivity contribution >= 4 is 12.4 Å². The van der Waals surface area contributed by atoms with Gasteiger partial charge in [-0.15, -0.1) is 0 Å². The lowest BCUT2D eigenvalue weighted by atomic mass is 10.0. The van der Waals surface area contributed by atoms with Crippen molar-refractivity contribution in [2.24, 2.45) is 4.99 Å². The van der Waals surface area contributed by atoms with Crippen LogP contribution in [0.1, 0.15) is 17.5 Å². The lowest BCUT2D eigenvalue weighted by Crippen LogP contribution is -2.24. The van der Waals surface area contributed by atoms with E-state index < -0.39 is 0 Å². The van der Waals surface area contributed by atoms with Crippen LogP contribution in [0.25, 0.3) is 6.08 Å². The van der Waals surface area contributed by atoms with Crippen molar-refractivity contribution in [2.75, 3.05) is 6.54 Å². The maximum absolute atomic E-state index is 4.19. The van der Waals surface area contributed by atoms with Crippen LogP contribution >= 0.6 is 0 Å². The van der Waals surface area contributed by atoms with Crippen LogP contribution in [0.3, 0.4) is 0 Å². The first-order valence-electron chi connectivity index (χ1n) is 5.43. The predicted molar refractivity (Wildman–Crippen MR) is 63.0 cm³/mol. The first kappa shape index (κ1) is 8.72. The molecule has 0 saturated carbocycles. The number of nitrogens with zero attached hydrogens (tertiary/aromatic N) is 1. The molecule has 0 fully saturated rings. The van der Waals surface area contributed by atoms with E-state index in [0.717, 1.165) is 19.4 Å². The molecule has 1 aliphatic carbocycles. The Hall–Kier alpha value is -1.57. The molecular weight excluding hydrogens is 184 g/mol. The van der Waals surface area contributed by atoms with Gasteiger partial charge < -0.3 is 5.32 Å². The highest BCUT2D eigenvalue weighted by Gasteiger charge is 2.17. The molecule has 1 atom stereocenters. The van der Waals surface area contributed by atoms with Crippen molar-refractivity contribution in [3.63, 3.8) is 0 Å². The number of fused-ring (bicyclic) bond motifs is 1. The zero-order valence-electron chi connectivity index (χ0n) is 8.61. The minimum absolute atomic E-state index is 0.519. The Bertz CT molecular complexity index is 424. The number of hydrogen-bond donors (Lipinski definition) is 1. The monoisotopic (exact) mass is 198 g/mol. The van der Waals surface area contributed by atoms with E-state index in [0.29, 0.717) is 6.04 Å². The number of hydrogen-bond acceptors (Lipinski definition) is 2. The van der Waals surface area contributed by atoms with E-state index in [1.54, 1.807) is 0 Å². The predicted octanol–water partition coefficient (Wildman–Crippen LogP) is 2.02. The molecule has 0 aromatic heterocycles. The molecule has 2 nitrogen and oxygen atoms in total. The summed E-state index contributed by atoms with van der Waals surface area (Å²) in [4.78, 5) is 4.19. The van der Waals surface area contributed by atoms with Crippen molar-refractivity contribution in [1.82, 2.24) is 5.32 Å². The average Bonchev–Trinajstić information content (AvgIpc) is 2.86. The van der Waals surface area contributed by atoms with E-state index >= 15 is 0 Å². The number of aliphatic imine (C=N–C) groups is 1. The quantitative estimate of drug-likeness (QED) is 0.772. The summed E-state index contributed by atoms with van der Waals surface area (Å²) >= 11 is 0. The fraction of sp³-hybridized carbons (Fsp3) is 0.308. The molecular formula is C13H14N2. The summed E-state index contributed by atoms with van der Waals surface area (Å²) in [5, 5.41) is 3.28. The van der Waals surface area contributed by atoms with Gasteiger partial charge in [-0.1, -0.05) is 35.9 Å². The largest absolute Gasteiger partial charge is 0.372 e. The standard InChI is InChI=1S/C13H14N2/c1-2-4-12-6-10(5-11(12)3-1)7-13-8-14-9-15-13/h1-5,9,13H,6-8H2,(H,14,15)/t13-/m0/s1. The van der Waals surface area contributed by atoms with E-state index in [2.05, 4.69) is 40.7 Å². The van der Waals surface area contributed by atoms with E-state index in [9.17, 15) is 0 Å². The minimum atomic E-state index is 0.519. The maximum Gasteiger partial charge on any atom is 0.0827 e. The number of nitrogens with one attached hydrogen (secondary N) is 1. The molecule has 2 heteroatoms. The molecule has 0 saturated heterocycles. The van der Waals surface area contributed by atoms with Gasteiger partial charge >= 0.3 is 0 Å². The van der Waals surface area contributed by atoms with Gasteiger partial charge in [0.05, 0.1) is 18.9 Å². The second kappa shape index (κ2) is 3.54. The Balaban J connectivity index is 1.71. The lowest BCUT2D eigenvalue weighted by Gasteiger charge is -2.09. The van der Waals surface area contributed by atoms with Crippen LogP contribution < -0.4 is 5.32 Å². The van der Waals surface area contributed by atoms with Crippen LogP contribution in [-0.2, 0) is 6.42 Å². The molecule has 0 spiro atoms. The van der Waals surface area contributed by atoms with Gasteiger partial charge in [0, 0.05) is 0 Å². The summed E-state index contributed by atoms with van der Waals surface area (Å²) in [6, 6.07) is 9.16. The second-order valence-corrected chi connectivity index (χ2v) is 4.24. The Kier molecular flexibility index (Phi) is 2.05. The summed E-state index contributed by atoms with van der Waals surface area (Å²) in [5.74, 6) is 0. The summed E-state index contributed by atoms with van der Waals surface area (Å²) in [6.45, 7) is 0.924. The van der Waals surface area contributed by atoms with E-state index in [1.807, 2.05) is 6.34 Å². The maximum atomic E-state index is 4.19. The molecule has 2 aliphatic rings. The fourth-order valence-electron chi connectivity index (χ4n) is 2.31. The summed E-state index contributed by atoms with van der Waals surface area (Å²) in [6.07, 6.45) is 6.39. The van der Waals surface area contributed by atoms with Crippen LogP contribution in [0.15, 0.2) is 34.8 Å². The van der Waals surface area contributed by atoms with Gasteiger partial charge in [0.25, 0.3) is 0 Å². The van der Waals surface area contributed by atoms with Crippen molar-refractivity contribution in [2.45, 2.75) is 18.9 Å². The lowest BCUT2D eigenvalue weighted by molar-refractivity contribution is 0.649. The highest BCUT2D eigenvalue weighted by Crippen LogP contribution is 2.27. The summed E-state index contributed by atoms with van der Waals surface area (Å²) in [7, 11) is 0. The molecule has 1 aliphatic heterocycles. The molecule has 1 heterocycles.